The molecule has 0 atom stereocenters. The maximum Gasteiger partial charge on any atom is 0.253 e. The first-order valence-corrected chi connectivity index (χ1v) is 3.85. The average Bonchev–Trinajstić information content (AvgIpc) is 2.03. The fourth-order valence-corrected chi connectivity index (χ4v) is 1.06. The largest absolute Gasteiger partial charge is 0.383 e. The maximum atomic E-state index is 11.0. The minimum Gasteiger partial charge on any atom is -0.383 e. The van der Waals surface area contributed by atoms with Crippen LogP contribution in [0.4, 0.5) is 11.4 Å². The molecule has 4 heteroatoms. The van der Waals surface area contributed by atoms with Gasteiger partial charge in [0.05, 0.1) is 0 Å². The Hall–Kier alpha value is -1.32. The minimum absolute atomic E-state index is 0.167. The van der Waals surface area contributed by atoms with Crippen molar-refractivity contribution in [3.63, 3.8) is 0 Å². The van der Waals surface area contributed by atoms with E-state index >= 15 is 0 Å². The Morgan fingerprint density at radius 3 is 2.00 bits per heavy atom. The van der Waals surface area contributed by atoms with E-state index in [-0.39, 0.29) is 6.04 Å². The van der Waals surface area contributed by atoms with Crippen LogP contribution in [0.3, 0.4) is 0 Å². The van der Waals surface area contributed by atoms with Gasteiger partial charge in [-0.05, 0) is 13.8 Å². The third-order valence-electron chi connectivity index (χ3n) is 1.59. The Labute approximate surface area is 70.3 Å². The Balaban J connectivity index is 2.94. The number of hydrogen-bond donors (Lipinski definition) is 2. The molecule has 4 nitrogen and oxygen atoms in total. The van der Waals surface area contributed by atoms with Gasteiger partial charge in [-0.25, -0.2) is 0 Å². The maximum absolute atomic E-state index is 11.0. The molecule has 0 aliphatic carbocycles. The zero-order valence-electron chi connectivity index (χ0n) is 7.39. The summed E-state index contributed by atoms with van der Waals surface area (Å²) < 4.78 is 0. The number of hydrogen-bond acceptors (Lipinski definition) is 4. The van der Waals surface area contributed by atoms with E-state index in [2.05, 4.69) is 10.6 Å². The van der Waals surface area contributed by atoms with Crippen molar-refractivity contribution in [1.82, 2.24) is 0 Å². The van der Waals surface area contributed by atoms with Crippen molar-refractivity contribution in [3.8, 4) is 0 Å². The first kappa shape index (κ1) is 8.77. The van der Waals surface area contributed by atoms with Crippen molar-refractivity contribution >= 4 is 11.4 Å². The molecule has 0 heterocycles. The van der Waals surface area contributed by atoms with Gasteiger partial charge in [-0.1, -0.05) is 0 Å². The molecule has 1 rings (SSSR count). The van der Waals surface area contributed by atoms with E-state index in [9.17, 15) is 9.59 Å². The van der Waals surface area contributed by atoms with Gasteiger partial charge in [-0.3, -0.25) is 9.59 Å². The van der Waals surface area contributed by atoms with Gasteiger partial charge in [0.15, 0.2) is 0 Å². The molecule has 0 bridgehead atoms. The molecule has 0 fully saturated rings. The van der Waals surface area contributed by atoms with Crippen molar-refractivity contribution in [2.75, 3.05) is 17.7 Å². The van der Waals surface area contributed by atoms with Gasteiger partial charge < -0.3 is 10.6 Å². The summed E-state index contributed by atoms with van der Waals surface area (Å²) in [7, 11) is 1.63. The zero-order valence-corrected chi connectivity index (χ0v) is 7.39. The first-order chi connectivity index (χ1) is 5.57. The van der Waals surface area contributed by atoms with E-state index in [4.69, 9.17) is 0 Å². The fourth-order valence-electron chi connectivity index (χ4n) is 1.06. The molecular formula is C8H12N2O2. The molecule has 0 aliphatic heterocycles. The van der Waals surface area contributed by atoms with Crippen LogP contribution in [0, 0.1) is 0 Å². The summed E-state index contributed by atoms with van der Waals surface area (Å²) >= 11 is 0. The number of anilines is 2. The molecule has 0 saturated heterocycles. The molecule has 0 unspecified atom stereocenters. The lowest BCUT2D eigenvalue weighted by Gasteiger charge is -2.14. The van der Waals surface area contributed by atoms with E-state index in [0.29, 0.717) is 11.4 Å². The van der Waals surface area contributed by atoms with Gasteiger partial charge in [0.25, 0.3) is 10.9 Å². The first-order valence-electron chi connectivity index (χ1n) is 3.85. The van der Waals surface area contributed by atoms with Crippen LogP contribution in [0.15, 0.2) is 9.59 Å². The summed E-state index contributed by atoms with van der Waals surface area (Å²) in [5.41, 5.74) is -0.0418. The topological polar surface area (TPSA) is 58.2 Å². The molecule has 0 aromatic heterocycles. The fraction of sp³-hybridized carbons (Fsp3) is 0.500. The van der Waals surface area contributed by atoms with Crippen LogP contribution in [0.2, 0.25) is 0 Å². The van der Waals surface area contributed by atoms with E-state index < -0.39 is 10.9 Å². The Morgan fingerprint density at radius 1 is 1.08 bits per heavy atom. The molecule has 66 valence electrons. The van der Waals surface area contributed by atoms with Crippen LogP contribution in [-0.2, 0) is 0 Å². The predicted molar refractivity (Wildman–Crippen MR) is 49.7 cm³/mol. The molecule has 0 spiro atoms. The van der Waals surface area contributed by atoms with Gasteiger partial charge in [-0.15, -0.1) is 0 Å². The van der Waals surface area contributed by atoms with E-state index in [1.54, 1.807) is 7.05 Å². The zero-order chi connectivity index (χ0) is 9.30. The highest BCUT2D eigenvalue weighted by atomic mass is 16.2. The summed E-state index contributed by atoms with van der Waals surface area (Å²) in [4.78, 5) is 21.8. The third kappa shape index (κ3) is 1.20. The van der Waals surface area contributed by atoms with Gasteiger partial charge >= 0.3 is 0 Å². The summed E-state index contributed by atoms with van der Waals surface area (Å²) in [6.07, 6.45) is 0. The van der Waals surface area contributed by atoms with Gasteiger partial charge in [-0.2, -0.15) is 0 Å². The van der Waals surface area contributed by atoms with E-state index in [1.165, 1.54) is 0 Å². The summed E-state index contributed by atoms with van der Waals surface area (Å²) in [5.74, 6) is 0. The highest BCUT2D eigenvalue weighted by Crippen LogP contribution is 2.13. The average molecular weight is 168 g/mol. The van der Waals surface area contributed by atoms with Crippen LogP contribution in [0.5, 0.6) is 0 Å². The van der Waals surface area contributed by atoms with Crippen LogP contribution in [0.25, 0.3) is 0 Å². The normalized spacial score (nSPS) is 10.7. The van der Waals surface area contributed by atoms with Crippen molar-refractivity contribution in [2.24, 2.45) is 0 Å². The molecule has 1 aromatic carbocycles. The predicted octanol–water partition coefficient (Wildman–Crippen LogP) is 0.145. The van der Waals surface area contributed by atoms with Crippen molar-refractivity contribution in [2.45, 2.75) is 19.9 Å². The van der Waals surface area contributed by atoms with Crippen molar-refractivity contribution < 1.29 is 0 Å². The Kier molecular flexibility index (Phi) is 2.17. The molecular weight excluding hydrogens is 156 g/mol. The van der Waals surface area contributed by atoms with Crippen LogP contribution in [-0.4, -0.2) is 13.1 Å². The van der Waals surface area contributed by atoms with Crippen LogP contribution in [0.1, 0.15) is 13.8 Å². The Morgan fingerprint density at radius 2 is 1.58 bits per heavy atom. The lowest BCUT2D eigenvalue weighted by atomic mass is 10.2. The van der Waals surface area contributed by atoms with E-state index in [0.717, 1.165) is 0 Å². The molecule has 0 radical (unpaired) electrons. The molecule has 1 aromatic rings. The summed E-state index contributed by atoms with van der Waals surface area (Å²) in [6.45, 7) is 3.83. The highest BCUT2D eigenvalue weighted by Gasteiger charge is 2.19. The standard InChI is InChI=1S/C8H12N2O2/c1-4(2)10-6-5(9-3)7(11)8(6)12/h4,9-10H,1-3H3. The lowest BCUT2D eigenvalue weighted by molar-refractivity contribution is 0.894. The third-order valence-corrected chi connectivity index (χ3v) is 1.59. The summed E-state index contributed by atoms with van der Waals surface area (Å²) in [6, 6.07) is 0.167. The second-order valence-electron chi connectivity index (χ2n) is 2.96. The molecule has 0 saturated carbocycles. The number of rotatable bonds is 3. The molecule has 12 heavy (non-hydrogen) atoms. The number of nitrogens with one attached hydrogen (secondary N) is 2. The summed E-state index contributed by atoms with van der Waals surface area (Å²) in [5, 5.41) is 5.59. The highest BCUT2D eigenvalue weighted by molar-refractivity contribution is 5.73. The minimum atomic E-state index is -0.430. The van der Waals surface area contributed by atoms with E-state index in [1.807, 2.05) is 13.8 Å². The van der Waals surface area contributed by atoms with Gasteiger partial charge in [0.1, 0.15) is 11.4 Å². The smallest absolute Gasteiger partial charge is 0.253 e. The molecule has 2 N–H and O–H groups in total. The van der Waals surface area contributed by atoms with Gasteiger partial charge in [0.2, 0.25) is 0 Å². The Bertz CT molecular complexity index is 348. The molecule has 0 aliphatic rings. The second-order valence-corrected chi connectivity index (χ2v) is 2.96. The van der Waals surface area contributed by atoms with Crippen molar-refractivity contribution in [3.05, 3.63) is 20.4 Å². The SMILES string of the molecule is CNc1c(NC(C)C)c(=O)c1=O. The van der Waals surface area contributed by atoms with Gasteiger partial charge in [0, 0.05) is 13.1 Å². The second kappa shape index (κ2) is 2.97. The monoisotopic (exact) mass is 168 g/mol. The molecule has 0 amide bonds. The lowest BCUT2D eigenvalue weighted by Crippen LogP contribution is -2.38. The quantitative estimate of drug-likeness (QED) is 0.630. The van der Waals surface area contributed by atoms with Crippen LogP contribution >= 0.6 is 0 Å². The van der Waals surface area contributed by atoms with Crippen LogP contribution < -0.4 is 21.5 Å². The van der Waals surface area contributed by atoms with Crippen molar-refractivity contribution in [1.29, 1.82) is 0 Å².